The van der Waals surface area contributed by atoms with Crippen LogP contribution in [0.5, 0.6) is 0 Å². The van der Waals surface area contributed by atoms with Crippen LogP contribution in [-0.2, 0) is 0 Å². The van der Waals surface area contributed by atoms with Crippen molar-refractivity contribution in [1.82, 2.24) is 4.98 Å². The van der Waals surface area contributed by atoms with Gasteiger partial charge in [-0.25, -0.2) is 9.78 Å². The molecule has 0 aliphatic rings. The molecule has 76 valence electrons. The van der Waals surface area contributed by atoms with E-state index in [1.54, 1.807) is 23.6 Å². The summed E-state index contributed by atoms with van der Waals surface area (Å²) in [6, 6.07) is 7.34. The van der Waals surface area contributed by atoms with Gasteiger partial charge in [0.1, 0.15) is 5.69 Å². The number of carboxylic acid groups (broad SMARTS) is 1. The Morgan fingerprint density at radius 2 is 2.13 bits per heavy atom. The highest BCUT2D eigenvalue weighted by Gasteiger charge is 2.05. The normalized spacial score (nSPS) is 10.2. The van der Waals surface area contributed by atoms with Crippen molar-refractivity contribution in [3.05, 3.63) is 41.0 Å². The van der Waals surface area contributed by atoms with E-state index in [1.807, 2.05) is 19.1 Å². The van der Waals surface area contributed by atoms with Gasteiger partial charge in [-0.3, -0.25) is 0 Å². The molecule has 0 saturated heterocycles. The van der Waals surface area contributed by atoms with Crippen LogP contribution in [0.4, 0.5) is 0 Å². The zero-order valence-corrected chi connectivity index (χ0v) is 8.91. The molecule has 0 aliphatic carbocycles. The Balaban J connectivity index is 2.35. The molecule has 4 heteroatoms. The number of carbonyl (C=O) groups is 1. The predicted octanol–water partition coefficient (Wildman–Crippen LogP) is 2.82. The van der Waals surface area contributed by atoms with Gasteiger partial charge >= 0.3 is 5.97 Å². The summed E-state index contributed by atoms with van der Waals surface area (Å²) in [4.78, 5) is 16.8. The number of aromatic carboxylic acids is 1. The Bertz CT molecular complexity index is 488. The second kappa shape index (κ2) is 3.82. The zero-order valence-electron chi connectivity index (χ0n) is 8.10. The van der Waals surface area contributed by atoms with Gasteiger partial charge in [-0.2, -0.15) is 0 Å². The van der Waals surface area contributed by atoms with Crippen LogP contribution in [0.3, 0.4) is 0 Å². The van der Waals surface area contributed by atoms with Crippen LogP contribution in [0.25, 0.3) is 10.4 Å². The minimum Gasteiger partial charge on any atom is -0.477 e. The van der Waals surface area contributed by atoms with E-state index in [-0.39, 0.29) is 5.69 Å². The molecule has 0 radical (unpaired) electrons. The van der Waals surface area contributed by atoms with Crippen LogP contribution in [0.1, 0.15) is 15.4 Å². The van der Waals surface area contributed by atoms with Crippen LogP contribution in [0.15, 0.2) is 30.5 Å². The van der Waals surface area contributed by atoms with Crippen molar-refractivity contribution in [3.8, 4) is 10.4 Å². The summed E-state index contributed by atoms with van der Waals surface area (Å²) in [7, 11) is 0. The van der Waals surface area contributed by atoms with Gasteiger partial charge in [0, 0.05) is 21.5 Å². The van der Waals surface area contributed by atoms with E-state index in [9.17, 15) is 4.79 Å². The summed E-state index contributed by atoms with van der Waals surface area (Å²) in [5.41, 5.74) is 1.03. The second-order valence-electron chi connectivity index (χ2n) is 3.15. The van der Waals surface area contributed by atoms with Crippen LogP contribution in [-0.4, -0.2) is 16.1 Å². The largest absolute Gasteiger partial charge is 0.477 e. The van der Waals surface area contributed by atoms with Crippen LogP contribution in [0.2, 0.25) is 0 Å². The minimum absolute atomic E-state index is 0.0760. The molecule has 0 aliphatic heterocycles. The van der Waals surface area contributed by atoms with Gasteiger partial charge < -0.3 is 5.11 Å². The fourth-order valence-corrected chi connectivity index (χ4v) is 2.11. The first-order valence-corrected chi connectivity index (χ1v) is 5.24. The summed E-state index contributed by atoms with van der Waals surface area (Å²) in [5, 5.41) is 8.69. The van der Waals surface area contributed by atoms with Crippen molar-refractivity contribution in [1.29, 1.82) is 0 Å². The molecule has 2 rings (SSSR count). The Morgan fingerprint density at radius 3 is 2.60 bits per heavy atom. The van der Waals surface area contributed by atoms with Gasteiger partial charge in [0.25, 0.3) is 0 Å². The molecule has 0 unspecified atom stereocenters. The van der Waals surface area contributed by atoms with E-state index in [0.29, 0.717) is 0 Å². The topological polar surface area (TPSA) is 50.2 Å². The second-order valence-corrected chi connectivity index (χ2v) is 4.44. The smallest absolute Gasteiger partial charge is 0.354 e. The van der Waals surface area contributed by atoms with E-state index < -0.39 is 5.97 Å². The van der Waals surface area contributed by atoms with Crippen molar-refractivity contribution in [2.75, 3.05) is 0 Å². The molecule has 0 amide bonds. The van der Waals surface area contributed by atoms with Crippen molar-refractivity contribution in [3.63, 3.8) is 0 Å². The lowest BCUT2D eigenvalue weighted by atomic mass is 10.2. The fraction of sp³-hybridized carbons (Fsp3) is 0.0909. The summed E-state index contributed by atoms with van der Waals surface area (Å²) in [6.45, 7) is 2.03. The Labute approximate surface area is 91.0 Å². The molecule has 2 heterocycles. The van der Waals surface area contributed by atoms with Crippen molar-refractivity contribution < 1.29 is 9.90 Å². The van der Waals surface area contributed by atoms with Crippen LogP contribution in [0, 0.1) is 6.92 Å². The van der Waals surface area contributed by atoms with E-state index in [1.165, 1.54) is 10.9 Å². The number of hydrogen-bond donors (Lipinski definition) is 1. The Morgan fingerprint density at radius 1 is 1.33 bits per heavy atom. The summed E-state index contributed by atoms with van der Waals surface area (Å²) >= 11 is 1.67. The molecule has 3 nitrogen and oxygen atoms in total. The van der Waals surface area contributed by atoms with Gasteiger partial charge in [0.15, 0.2) is 0 Å². The number of aryl methyl sites for hydroxylation is 1. The third kappa shape index (κ3) is 2.05. The quantitative estimate of drug-likeness (QED) is 0.844. The first kappa shape index (κ1) is 9.86. The molecule has 0 saturated carbocycles. The highest BCUT2D eigenvalue weighted by Crippen LogP contribution is 2.26. The van der Waals surface area contributed by atoms with E-state index in [2.05, 4.69) is 4.98 Å². The van der Waals surface area contributed by atoms with Crippen LogP contribution < -0.4 is 0 Å². The minimum atomic E-state index is -0.996. The molecule has 0 bridgehead atoms. The molecule has 0 aromatic carbocycles. The van der Waals surface area contributed by atoms with Gasteiger partial charge in [-0.1, -0.05) is 0 Å². The predicted molar refractivity (Wildman–Crippen MR) is 59.2 cm³/mol. The lowest BCUT2D eigenvalue weighted by Gasteiger charge is -1.97. The molecule has 0 fully saturated rings. The number of pyridine rings is 1. The maximum Gasteiger partial charge on any atom is 0.354 e. The molecule has 1 N–H and O–H groups in total. The lowest BCUT2D eigenvalue weighted by Crippen LogP contribution is -1.98. The monoisotopic (exact) mass is 219 g/mol. The average molecular weight is 219 g/mol. The SMILES string of the molecule is Cc1ccc(-c2ccc(C(=O)O)nc2)s1. The fourth-order valence-electron chi connectivity index (χ4n) is 1.26. The number of nitrogens with zero attached hydrogens (tertiary/aromatic N) is 1. The van der Waals surface area contributed by atoms with Crippen LogP contribution >= 0.6 is 11.3 Å². The third-order valence-corrected chi connectivity index (χ3v) is 3.06. The Hall–Kier alpha value is -1.68. The number of rotatable bonds is 2. The van der Waals surface area contributed by atoms with Crippen molar-refractivity contribution >= 4 is 17.3 Å². The summed E-state index contributed by atoms with van der Waals surface area (Å²) in [6.07, 6.45) is 1.59. The highest BCUT2D eigenvalue weighted by molar-refractivity contribution is 7.15. The van der Waals surface area contributed by atoms with Gasteiger partial charge in [-0.05, 0) is 31.2 Å². The van der Waals surface area contributed by atoms with E-state index in [0.717, 1.165) is 10.4 Å². The van der Waals surface area contributed by atoms with E-state index >= 15 is 0 Å². The lowest BCUT2D eigenvalue weighted by molar-refractivity contribution is 0.0690. The summed E-state index contributed by atoms with van der Waals surface area (Å²) in [5.74, 6) is -0.996. The van der Waals surface area contributed by atoms with E-state index in [4.69, 9.17) is 5.11 Å². The average Bonchev–Trinajstić information content (AvgIpc) is 2.65. The van der Waals surface area contributed by atoms with Crippen molar-refractivity contribution in [2.45, 2.75) is 6.92 Å². The molecule has 2 aromatic heterocycles. The first-order valence-electron chi connectivity index (χ1n) is 4.43. The number of carboxylic acids is 1. The molecule has 2 aromatic rings. The summed E-state index contributed by atoms with van der Waals surface area (Å²) < 4.78 is 0. The van der Waals surface area contributed by atoms with Gasteiger partial charge in [-0.15, -0.1) is 11.3 Å². The highest BCUT2D eigenvalue weighted by atomic mass is 32.1. The Kier molecular flexibility index (Phi) is 2.51. The first-order chi connectivity index (χ1) is 7.16. The standard InChI is InChI=1S/C11H9NO2S/c1-7-2-5-10(15-7)8-3-4-9(11(13)14)12-6-8/h2-6H,1H3,(H,13,14). The van der Waals surface area contributed by atoms with Gasteiger partial charge in [0.05, 0.1) is 0 Å². The maximum absolute atomic E-state index is 10.6. The number of thiophene rings is 1. The molecular formula is C11H9NO2S. The van der Waals surface area contributed by atoms with Crippen molar-refractivity contribution in [2.24, 2.45) is 0 Å². The molecule has 0 atom stereocenters. The van der Waals surface area contributed by atoms with Gasteiger partial charge in [0.2, 0.25) is 0 Å². The molecule has 15 heavy (non-hydrogen) atoms. The maximum atomic E-state index is 10.6. The molecular weight excluding hydrogens is 210 g/mol. The molecule has 0 spiro atoms. The number of hydrogen-bond acceptors (Lipinski definition) is 3. The third-order valence-electron chi connectivity index (χ3n) is 2.01. The zero-order chi connectivity index (χ0) is 10.8. The number of aromatic nitrogens is 1.